The largest absolute Gasteiger partial charge is 0.507 e. The molecule has 1 aromatic carbocycles. The molecule has 78 valence electrons. The molecule has 0 spiro atoms. The normalized spacial score (nSPS) is 12.5. The molecule has 0 fully saturated rings. The van der Waals surface area contributed by atoms with Crippen LogP contribution in [-0.4, -0.2) is 23.4 Å². The summed E-state index contributed by atoms with van der Waals surface area (Å²) in [4.78, 5) is 0. The summed E-state index contributed by atoms with van der Waals surface area (Å²) in [6, 6.07) is 4.31. The van der Waals surface area contributed by atoms with Crippen molar-refractivity contribution in [2.24, 2.45) is 5.73 Å². The molecule has 0 heterocycles. The third-order valence-electron chi connectivity index (χ3n) is 1.91. The van der Waals surface area contributed by atoms with Crippen LogP contribution in [0.2, 0.25) is 0 Å². The Labute approximate surface area is 82.9 Å². The highest BCUT2D eigenvalue weighted by Crippen LogP contribution is 2.27. The highest BCUT2D eigenvalue weighted by Gasteiger charge is 2.10. The second-order valence-corrected chi connectivity index (χ2v) is 2.94. The van der Waals surface area contributed by atoms with Crippen LogP contribution in [0.4, 0.5) is 0 Å². The van der Waals surface area contributed by atoms with E-state index < -0.39 is 6.04 Å². The lowest BCUT2D eigenvalue weighted by Crippen LogP contribution is -2.14. The van der Waals surface area contributed by atoms with Crippen LogP contribution < -0.4 is 10.5 Å². The number of hydrogen-bond donors (Lipinski definition) is 3. The van der Waals surface area contributed by atoms with Crippen LogP contribution in [0.1, 0.15) is 18.5 Å². The van der Waals surface area contributed by atoms with Gasteiger partial charge in [-0.25, -0.2) is 0 Å². The Balaban J connectivity index is 2.89. The van der Waals surface area contributed by atoms with Crippen LogP contribution in [0.3, 0.4) is 0 Å². The van der Waals surface area contributed by atoms with Gasteiger partial charge in [-0.2, -0.15) is 0 Å². The van der Waals surface area contributed by atoms with Gasteiger partial charge in [-0.15, -0.1) is 0 Å². The molecule has 4 nitrogen and oxygen atoms in total. The standard InChI is InChI=1S/C10H15NO3/c1-2-14-7-3-4-8(9(11)6-12)10(13)5-7/h3-5,9,12-13H,2,6,11H2,1H3/t9-/m1/s1. The Morgan fingerprint density at radius 2 is 2.21 bits per heavy atom. The van der Waals surface area contributed by atoms with E-state index in [1.807, 2.05) is 6.92 Å². The number of aliphatic hydroxyl groups is 1. The van der Waals surface area contributed by atoms with Gasteiger partial charge in [-0.1, -0.05) is 0 Å². The van der Waals surface area contributed by atoms with Gasteiger partial charge < -0.3 is 20.7 Å². The highest BCUT2D eigenvalue weighted by atomic mass is 16.5. The number of nitrogens with two attached hydrogens (primary N) is 1. The molecule has 4 heteroatoms. The molecular weight excluding hydrogens is 182 g/mol. The minimum atomic E-state index is -0.550. The molecule has 0 radical (unpaired) electrons. The van der Waals surface area contributed by atoms with Crippen molar-refractivity contribution in [3.05, 3.63) is 23.8 Å². The number of hydrogen-bond acceptors (Lipinski definition) is 4. The average molecular weight is 197 g/mol. The summed E-state index contributed by atoms with van der Waals surface area (Å²) >= 11 is 0. The molecule has 4 N–H and O–H groups in total. The van der Waals surface area contributed by atoms with Crippen molar-refractivity contribution in [2.45, 2.75) is 13.0 Å². The van der Waals surface area contributed by atoms with Gasteiger partial charge in [0.15, 0.2) is 0 Å². The maximum atomic E-state index is 9.55. The van der Waals surface area contributed by atoms with Gasteiger partial charge in [-0.3, -0.25) is 0 Å². The maximum absolute atomic E-state index is 9.55. The Kier molecular flexibility index (Phi) is 3.73. The van der Waals surface area contributed by atoms with Crippen LogP contribution in [-0.2, 0) is 0 Å². The van der Waals surface area contributed by atoms with Crippen LogP contribution in [0.25, 0.3) is 0 Å². The summed E-state index contributed by atoms with van der Waals surface area (Å²) in [5.41, 5.74) is 6.09. The van der Waals surface area contributed by atoms with Gasteiger partial charge in [0, 0.05) is 11.6 Å². The lowest BCUT2D eigenvalue weighted by molar-refractivity contribution is 0.265. The molecule has 0 aliphatic carbocycles. The minimum Gasteiger partial charge on any atom is -0.507 e. The zero-order valence-electron chi connectivity index (χ0n) is 8.10. The smallest absolute Gasteiger partial charge is 0.124 e. The zero-order valence-corrected chi connectivity index (χ0v) is 8.10. The van der Waals surface area contributed by atoms with E-state index in [2.05, 4.69) is 0 Å². The van der Waals surface area contributed by atoms with E-state index in [0.29, 0.717) is 17.9 Å². The van der Waals surface area contributed by atoms with E-state index in [4.69, 9.17) is 15.6 Å². The van der Waals surface area contributed by atoms with Gasteiger partial charge in [0.1, 0.15) is 11.5 Å². The first-order chi connectivity index (χ1) is 6.69. The fourth-order valence-electron chi connectivity index (χ4n) is 1.19. The van der Waals surface area contributed by atoms with Gasteiger partial charge >= 0.3 is 0 Å². The maximum Gasteiger partial charge on any atom is 0.124 e. The fourth-order valence-corrected chi connectivity index (χ4v) is 1.19. The molecule has 0 saturated carbocycles. The monoisotopic (exact) mass is 197 g/mol. The molecule has 1 rings (SSSR count). The number of rotatable bonds is 4. The first kappa shape index (κ1) is 10.8. The number of phenols is 1. The minimum absolute atomic E-state index is 0.0532. The number of phenolic OH excluding ortho intramolecular Hbond substituents is 1. The molecule has 14 heavy (non-hydrogen) atoms. The molecule has 0 amide bonds. The third kappa shape index (κ3) is 2.37. The average Bonchev–Trinajstić information content (AvgIpc) is 2.17. The van der Waals surface area contributed by atoms with Crippen molar-refractivity contribution in [1.29, 1.82) is 0 Å². The van der Waals surface area contributed by atoms with Crippen LogP contribution in [0, 0.1) is 0 Å². The summed E-state index contributed by atoms with van der Waals surface area (Å²) in [6.07, 6.45) is 0. The SMILES string of the molecule is CCOc1ccc([C@H](N)CO)c(O)c1. The molecule has 1 atom stereocenters. The molecule has 0 aliphatic heterocycles. The van der Waals surface area contributed by atoms with E-state index in [9.17, 15) is 5.11 Å². The second-order valence-electron chi connectivity index (χ2n) is 2.94. The van der Waals surface area contributed by atoms with Crippen molar-refractivity contribution < 1.29 is 14.9 Å². The number of aliphatic hydroxyl groups excluding tert-OH is 1. The summed E-state index contributed by atoms with van der Waals surface area (Å²) in [5, 5.41) is 18.4. The first-order valence-electron chi connectivity index (χ1n) is 4.51. The van der Waals surface area contributed by atoms with E-state index >= 15 is 0 Å². The molecule has 0 aliphatic rings. The summed E-state index contributed by atoms with van der Waals surface area (Å²) in [5.74, 6) is 0.649. The Morgan fingerprint density at radius 3 is 2.71 bits per heavy atom. The van der Waals surface area contributed by atoms with E-state index in [1.54, 1.807) is 12.1 Å². The molecule has 0 aromatic heterocycles. The molecule has 0 unspecified atom stereocenters. The first-order valence-corrected chi connectivity index (χ1v) is 4.51. The van der Waals surface area contributed by atoms with Gasteiger partial charge in [0.2, 0.25) is 0 Å². The number of aromatic hydroxyl groups is 1. The summed E-state index contributed by atoms with van der Waals surface area (Å²) in [6.45, 7) is 2.22. The van der Waals surface area contributed by atoms with E-state index in [-0.39, 0.29) is 12.4 Å². The number of ether oxygens (including phenoxy) is 1. The van der Waals surface area contributed by atoms with Gasteiger partial charge in [0.05, 0.1) is 19.3 Å². The van der Waals surface area contributed by atoms with Crippen LogP contribution in [0.5, 0.6) is 11.5 Å². The quantitative estimate of drug-likeness (QED) is 0.666. The van der Waals surface area contributed by atoms with Crippen molar-refractivity contribution in [2.75, 3.05) is 13.2 Å². The molecule has 0 bridgehead atoms. The van der Waals surface area contributed by atoms with Gasteiger partial charge in [0.25, 0.3) is 0 Å². The van der Waals surface area contributed by atoms with Crippen LogP contribution >= 0.6 is 0 Å². The van der Waals surface area contributed by atoms with E-state index in [0.717, 1.165) is 0 Å². The molecule has 0 saturated heterocycles. The van der Waals surface area contributed by atoms with Gasteiger partial charge in [-0.05, 0) is 19.1 Å². The number of benzene rings is 1. The van der Waals surface area contributed by atoms with E-state index in [1.165, 1.54) is 6.07 Å². The van der Waals surface area contributed by atoms with Crippen LogP contribution in [0.15, 0.2) is 18.2 Å². The van der Waals surface area contributed by atoms with Crippen molar-refractivity contribution in [3.63, 3.8) is 0 Å². The van der Waals surface area contributed by atoms with Crippen molar-refractivity contribution in [1.82, 2.24) is 0 Å². The third-order valence-corrected chi connectivity index (χ3v) is 1.91. The Hall–Kier alpha value is -1.26. The Morgan fingerprint density at radius 1 is 1.50 bits per heavy atom. The highest BCUT2D eigenvalue weighted by molar-refractivity contribution is 5.41. The Bertz CT molecular complexity index is 301. The lowest BCUT2D eigenvalue weighted by atomic mass is 10.1. The molecular formula is C10H15NO3. The predicted octanol–water partition coefficient (Wildman–Crippen LogP) is 0.783. The van der Waals surface area contributed by atoms with Crippen molar-refractivity contribution in [3.8, 4) is 11.5 Å². The zero-order chi connectivity index (χ0) is 10.6. The van der Waals surface area contributed by atoms with Crippen molar-refractivity contribution >= 4 is 0 Å². The predicted molar refractivity (Wildman–Crippen MR) is 53.3 cm³/mol. The lowest BCUT2D eigenvalue weighted by Gasteiger charge is -2.11. The second kappa shape index (κ2) is 4.83. The summed E-state index contributed by atoms with van der Waals surface area (Å²) < 4.78 is 5.19. The summed E-state index contributed by atoms with van der Waals surface area (Å²) in [7, 11) is 0. The fraction of sp³-hybridized carbons (Fsp3) is 0.400. The topological polar surface area (TPSA) is 75.7 Å². The molecule has 1 aromatic rings.